The van der Waals surface area contributed by atoms with Gasteiger partial charge < -0.3 is 16.0 Å². The van der Waals surface area contributed by atoms with Gasteiger partial charge in [-0.15, -0.1) is 0 Å². The standard InChI is InChI=1S/C32H23N.C30H21N.C28H21N.C25H20/c1-3-11-29-23(7-1)9-5-13-31(29)25-15-19-27(20-16-25)33-28-21-17-26(18-22-28)32-14-6-10-24-8-2-4-12-30(24)32;1-4-12-26-21(8-1)10-7-15-30(26)31-24-18-16-22(17-19-24)29-20-23-9-2-3-11-25(23)27-13-5-6-14-28(27)29;1-2-7-21(8-3-1)22-13-17-25(18-14-22)29-26-19-15-24(16-20-26)28-12-6-10-23-9-4-5-11-27(23)28;1-3-7-22(8-4-1)24-15-11-20(12-16-24)19-21-13-17-25(18-14-21)23-9-5-2-6-10-23/h1-22,33H;1-20,31H;1-20,29H;1-18H,19H2. The lowest BCUT2D eigenvalue weighted by Gasteiger charge is -2.13. The molecule has 0 aliphatic rings. The summed E-state index contributed by atoms with van der Waals surface area (Å²) in [5, 5.41) is 25.9. The normalized spacial score (nSPS) is 10.9. The molecule has 0 unspecified atom stereocenters. The average Bonchev–Trinajstić information content (AvgIpc) is 0.761. The smallest absolute Gasteiger partial charge is 0.0463 e. The highest BCUT2D eigenvalue weighted by Crippen LogP contribution is 2.39. The zero-order valence-electron chi connectivity index (χ0n) is 65.4. The van der Waals surface area contributed by atoms with Crippen LogP contribution in [-0.2, 0) is 6.42 Å². The molecule has 0 atom stereocenters. The maximum absolute atomic E-state index is 3.59. The Bertz CT molecular complexity index is 6730. The van der Waals surface area contributed by atoms with E-state index in [0.717, 1.165) is 40.5 Å². The minimum atomic E-state index is 0.962. The highest BCUT2D eigenvalue weighted by atomic mass is 14.9. The van der Waals surface area contributed by atoms with Crippen molar-refractivity contribution in [1.82, 2.24) is 0 Å². The van der Waals surface area contributed by atoms with Gasteiger partial charge in [-0.3, -0.25) is 0 Å². The minimum Gasteiger partial charge on any atom is -0.356 e. The van der Waals surface area contributed by atoms with Crippen molar-refractivity contribution in [3.05, 3.63) is 496 Å². The van der Waals surface area contributed by atoms with Gasteiger partial charge in [0.2, 0.25) is 0 Å². The molecule has 21 aromatic rings. The molecule has 0 amide bonds. The van der Waals surface area contributed by atoms with Gasteiger partial charge in [0.15, 0.2) is 0 Å². The topological polar surface area (TPSA) is 36.1 Å². The molecule has 0 aliphatic carbocycles. The van der Waals surface area contributed by atoms with E-state index in [1.807, 2.05) is 6.07 Å². The van der Waals surface area contributed by atoms with Crippen molar-refractivity contribution in [1.29, 1.82) is 0 Å². The van der Waals surface area contributed by atoms with Gasteiger partial charge in [0.05, 0.1) is 0 Å². The minimum absolute atomic E-state index is 0.962. The van der Waals surface area contributed by atoms with Gasteiger partial charge in [0.25, 0.3) is 0 Å². The molecular weight excluding hydrogens is 1420 g/mol. The molecule has 3 N–H and O–H groups in total. The van der Waals surface area contributed by atoms with Crippen LogP contribution in [0.15, 0.2) is 485 Å². The summed E-state index contributed by atoms with van der Waals surface area (Å²) in [5.41, 5.74) is 26.7. The SMILES string of the molecule is c1ccc(-c2ccc(Cc3ccc(-c4ccccc4)cc3)cc2)cc1.c1ccc(-c2ccc(Nc3ccc(-c4cccc5ccccc45)cc3)cc2)cc1.c1ccc2c(-c3ccc(Nc4ccc(-c5cccc6ccccc56)cc4)cc3)cccc2c1.c1ccc2c(Nc3ccc(-c4cc5ccccc5c5ccccc45)cc3)cccc2c1. The van der Waals surface area contributed by atoms with Crippen LogP contribution in [0.1, 0.15) is 11.1 Å². The van der Waals surface area contributed by atoms with Crippen molar-refractivity contribution < 1.29 is 0 Å². The van der Waals surface area contributed by atoms with Crippen molar-refractivity contribution in [2.75, 3.05) is 16.0 Å². The first kappa shape index (κ1) is 74.0. The van der Waals surface area contributed by atoms with Crippen LogP contribution in [0.5, 0.6) is 0 Å². The predicted octanol–water partition coefficient (Wildman–Crippen LogP) is 32.2. The van der Waals surface area contributed by atoms with Gasteiger partial charge in [-0.1, -0.05) is 413 Å². The van der Waals surface area contributed by atoms with Gasteiger partial charge >= 0.3 is 0 Å². The van der Waals surface area contributed by atoms with Crippen LogP contribution in [0.2, 0.25) is 0 Å². The third kappa shape index (κ3) is 17.2. The van der Waals surface area contributed by atoms with Crippen LogP contribution >= 0.6 is 0 Å². The van der Waals surface area contributed by atoms with Crippen LogP contribution < -0.4 is 16.0 Å². The Morgan fingerprint density at radius 1 is 0.136 bits per heavy atom. The number of anilines is 6. The molecule has 0 saturated carbocycles. The number of hydrogen-bond acceptors (Lipinski definition) is 3. The van der Waals surface area contributed by atoms with Gasteiger partial charge in [-0.2, -0.15) is 0 Å². The summed E-state index contributed by atoms with van der Waals surface area (Å²) < 4.78 is 0. The highest BCUT2D eigenvalue weighted by Gasteiger charge is 2.13. The molecule has 0 heterocycles. The second kappa shape index (κ2) is 35.3. The molecule has 21 rings (SSSR count). The highest BCUT2D eigenvalue weighted by molar-refractivity contribution is 6.14. The molecule has 3 nitrogen and oxygen atoms in total. The van der Waals surface area contributed by atoms with E-state index in [2.05, 4.69) is 495 Å². The van der Waals surface area contributed by atoms with Gasteiger partial charge in [0, 0.05) is 39.5 Å². The zero-order chi connectivity index (χ0) is 79.0. The summed E-state index contributed by atoms with van der Waals surface area (Å²) in [6, 6.07) is 172. The monoisotopic (exact) mass is 1510 g/mol. The third-order valence-electron chi connectivity index (χ3n) is 22.1. The molecule has 3 heteroatoms. The molecule has 0 bridgehead atoms. The van der Waals surface area contributed by atoms with Crippen LogP contribution in [-0.4, -0.2) is 0 Å². The maximum atomic E-state index is 3.59. The summed E-state index contributed by atoms with van der Waals surface area (Å²) in [4.78, 5) is 0. The quantitative estimate of drug-likeness (QED) is 0.0896. The molecule has 0 aliphatic heterocycles. The molecule has 560 valence electrons. The van der Waals surface area contributed by atoms with E-state index in [-0.39, 0.29) is 0 Å². The summed E-state index contributed by atoms with van der Waals surface area (Å²) in [7, 11) is 0. The van der Waals surface area contributed by atoms with E-state index in [9.17, 15) is 0 Å². The number of rotatable bonds is 15. The maximum Gasteiger partial charge on any atom is 0.0463 e. The second-order valence-electron chi connectivity index (χ2n) is 29.7. The predicted molar refractivity (Wildman–Crippen MR) is 507 cm³/mol. The second-order valence-corrected chi connectivity index (χ2v) is 29.7. The van der Waals surface area contributed by atoms with E-state index >= 15 is 0 Å². The fourth-order valence-electron chi connectivity index (χ4n) is 16.0. The Morgan fingerprint density at radius 3 is 0.754 bits per heavy atom. The fraction of sp³-hybridized carbons (Fsp3) is 0.00870. The lowest BCUT2D eigenvalue weighted by atomic mass is 9.93. The Kier molecular flexibility index (Phi) is 22.2. The first-order chi connectivity index (χ1) is 58.5. The van der Waals surface area contributed by atoms with Crippen molar-refractivity contribution in [2.24, 2.45) is 0 Å². The first-order valence-electron chi connectivity index (χ1n) is 40.5. The molecule has 21 aromatic carbocycles. The van der Waals surface area contributed by atoms with E-state index in [0.29, 0.717) is 0 Å². The van der Waals surface area contributed by atoms with Gasteiger partial charge in [-0.25, -0.2) is 0 Å². The number of fused-ring (bicyclic) bond motifs is 7. The number of benzene rings is 21. The Hall–Kier alpha value is -15.4. The number of hydrogen-bond donors (Lipinski definition) is 3. The Labute approximate surface area is 690 Å². The Balaban J connectivity index is 0.000000109. The largest absolute Gasteiger partial charge is 0.356 e. The van der Waals surface area contributed by atoms with Crippen molar-refractivity contribution in [2.45, 2.75) is 6.42 Å². The molecule has 0 fully saturated rings. The number of nitrogens with one attached hydrogen (secondary N) is 3. The van der Waals surface area contributed by atoms with Crippen molar-refractivity contribution >= 4 is 98.8 Å². The van der Waals surface area contributed by atoms with Crippen molar-refractivity contribution in [3.8, 4) is 77.9 Å². The molecule has 0 aromatic heterocycles. The lowest BCUT2D eigenvalue weighted by Crippen LogP contribution is -1.91. The molecule has 0 radical (unpaired) electrons. The molecular formula is C115H85N3. The van der Waals surface area contributed by atoms with Crippen molar-refractivity contribution in [3.63, 3.8) is 0 Å². The Morgan fingerprint density at radius 2 is 0.381 bits per heavy atom. The van der Waals surface area contributed by atoms with Crippen LogP contribution in [0, 0.1) is 0 Å². The summed E-state index contributed by atoms with van der Waals surface area (Å²) >= 11 is 0. The molecule has 0 spiro atoms. The molecule has 118 heavy (non-hydrogen) atoms. The lowest BCUT2D eigenvalue weighted by molar-refractivity contribution is 1.19. The van der Waals surface area contributed by atoms with Crippen LogP contribution in [0.25, 0.3) is 143 Å². The summed E-state index contributed by atoms with van der Waals surface area (Å²) in [6.45, 7) is 0. The van der Waals surface area contributed by atoms with Gasteiger partial charge in [0.1, 0.15) is 0 Å². The molecule has 0 saturated heterocycles. The van der Waals surface area contributed by atoms with E-state index in [1.54, 1.807) is 0 Å². The summed E-state index contributed by atoms with van der Waals surface area (Å²) in [6.07, 6.45) is 0.962. The van der Waals surface area contributed by atoms with Gasteiger partial charge in [-0.05, 0) is 227 Å². The average molecular weight is 1510 g/mol. The van der Waals surface area contributed by atoms with E-state index < -0.39 is 0 Å². The fourth-order valence-corrected chi connectivity index (χ4v) is 16.0. The zero-order valence-corrected chi connectivity index (χ0v) is 65.4. The first-order valence-corrected chi connectivity index (χ1v) is 40.5. The third-order valence-corrected chi connectivity index (χ3v) is 22.1. The summed E-state index contributed by atoms with van der Waals surface area (Å²) in [5.74, 6) is 0. The van der Waals surface area contributed by atoms with Crippen LogP contribution in [0.3, 0.4) is 0 Å². The van der Waals surface area contributed by atoms with Crippen LogP contribution in [0.4, 0.5) is 34.1 Å². The van der Waals surface area contributed by atoms with E-state index in [1.165, 1.54) is 154 Å². The van der Waals surface area contributed by atoms with E-state index in [4.69, 9.17) is 0 Å².